The number of benzene rings is 1. The van der Waals surface area contributed by atoms with Gasteiger partial charge in [0.05, 0.1) is 6.54 Å². The van der Waals surface area contributed by atoms with E-state index in [2.05, 4.69) is 0 Å². The minimum atomic E-state index is -0.452. The average Bonchev–Trinajstić information content (AvgIpc) is 2.72. The highest BCUT2D eigenvalue weighted by atomic mass is 19.1. The number of hydrogen-bond acceptors (Lipinski definition) is 3. The number of amides is 2. The maximum atomic E-state index is 13.6. The average molecular weight is 334 g/mol. The number of halogens is 1. The number of hydrogen-bond donors (Lipinski definition) is 0. The molecule has 0 N–H and O–H groups in total. The second kappa shape index (κ2) is 6.79. The number of aryl methyl sites for hydroxylation is 1. The summed E-state index contributed by atoms with van der Waals surface area (Å²) in [5.41, 5.74) is 0.121. The first-order valence-electron chi connectivity index (χ1n) is 8.44. The van der Waals surface area contributed by atoms with E-state index in [1.54, 1.807) is 30.1 Å². The molecule has 2 aliphatic heterocycles. The molecule has 1 aromatic rings. The molecule has 24 heavy (non-hydrogen) atoms. The van der Waals surface area contributed by atoms with Crippen molar-refractivity contribution in [3.63, 3.8) is 0 Å². The van der Waals surface area contributed by atoms with E-state index in [0.717, 1.165) is 12.8 Å². The van der Waals surface area contributed by atoms with Crippen LogP contribution in [0.4, 0.5) is 9.18 Å². The summed E-state index contributed by atoms with van der Waals surface area (Å²) in [7, 11) is 1.74. The third kappa shape index (κ3) is 3.52. The third-order valence-electron chi connectivity index (χ3n) is 4.96. The predicted molar refractivity (Wildman–Crippen MR) is 87.0 cm³/mol. The maximum Gasteiger partial charge on any atom is 0.410 e. The first kappa shape index (κ1) is 16.7. The summed E-state index contributed by atoms with van der Waals surface area (Å²) in [6.07, 6.45) is 2.68. The minimum Gasteiger partial charge on any atom is -0.441 e. The van der Waals surface area contributed by atoms with Crippen LogP contribution in [0.1, 0.15) is 31.2 Å². The highest BCUT2D eigenvalue weighted by Crippen LogP contribution is 2.32. The summed E-state index contributed by atoms with van der Waals surface area (Å²) in [6, 6.07) is 6.56. The summed E-state index contributed by atoms with van der Waals surface area (Å²) in [6.45, 7) is 1.83. The van der Waals surface area contributed by atoms with Crippen LogP contribution >= 0.6 is 0 Å². The van der Waals surface area contributed by atoms with E-state index in [9.17, 15) is 14.0 Å². The van der Waals surface area contributed by atoms with Gasteiger partial charge in [-0.2, -0.15) is 0 Å². The topological polar surface area (TPSA) is 49.9 Å². The number of likely N-dealkylation sites (N-methyl/N-ethyl adjacent to an activating group) is 1. The molecule has 6 heteroatoms. The van der Waals surface area contributed by atoms with Gasteiger partial charge in [0, 0.05) is 33.0 Å². The molecule has 1 atom stereocenters. The normalized spacial score (nSPS) is 24.2. The lowest BCUT2D eigenvalue weighted by Crippen LogP contribution is -2.36. The lowest BCUT2D eigenvalue weighted by atomic mass is 9.95. The van der Waals surface area contributed by atoms with Crippen molar-refractivity contribution < 1.29 is 18.7 Å². The zero-order chi connectivity index (χ0) is 17.2. The van der Waals surface area contributed by atoms with Crippen molar-refractivity contribution >= 4 is 12.0 Å². The lowest BCUT2D eigenvalue weighted by molar-refractivity contribution is -0.131. The second-order valence-corrected chi connectivity index (χ2v) is 6.73. The fourth-order valence-electron chi connectivity index (χ4n) is 3.57. The second-order valence-electron chi connectivity index (χ2n) is 6.73. The van der Waals surface area contributed by atoms with E-state index in [4.69, 9.17) is 4.74 Å². The Labute approximate surface area is 141 Å². The highest BCUT2D eigenvalue weighted by molar-refractivity contribution is 5.76. The zero-order valence-corrected chi connectivity index (χ0v) is 14.0. The number of rotatable bonds is 3. The largest absolute Gasteiger partial charge is 0.441 e. The molecule has 0 aromatic heterocycles. The van der Waals surface area contributed by atoms with Gasteiger partial charge in [0.25, 0.3) is 0 Å². The molecule has 0 aliphatic carbocycles. The molecule has 0 saturated carbocycles. The Bertz CT molecular complexity index is 636. The maximum absolute atomic E-state index is 13.6. The molecule has 5 nitrogen and oxygen atoms in total. The number of carbonyl (C=O) groups excluding carboxylic acids is 2. The van der Waals surface area contributed by atoms with Gasteiger partial charge in [-0.15, -0.1) is 0 Å². The molecular weight excluding hydrogens is 311 g/mol. The molecule has 2 fully saturated rings. The predicted octanol–water partition coefficient (Wildman–Crippen LogP) is 2.59. The summed E-state index contributed by atoms with van der Waals surface area (Å²) in [4.78, 5) is 27.5. The Morgan fingerprint density at radius 1 is 1.29 bits per heavy atom. The molecule has 2 aliphatic rings. The Morgan fingerprint density at radius 2 is 2.08 bits per heavy atom. The molecule has 2 saturated heterocycles. The van der Waals surface area contributed by atoms with E-state index in [1.165, 1.54) is 6.07 Å². The summed E-state index contributed by atoms with van der Waals surface area (Å²) < 4.78 is 19.2. The summed E-state index contributed by atoms with van der Waals surface area (Å²) in [5.74, 6) is -0.228. The Hall–Kier alpha value is -2.11. The molecule has 2 heterocycles. The zero-order valence-electron chi connectivity index (χ0n) is 14.0. The van der Waals surface area contributed by atoms with Crippen molar-refractivity contribution in [3.05, 3.63) is 35.6 Å². The standard InChI is InChI=1S/C18H23FN2O3/c1-20-13-18(24-17(20)23)9-4-11-21(12-10-18)16(22)8-7-14-5-2-3-6-15(14)19/h2-3,5-6H,4,7-13H2,1H3/t18-/m0/s1. The van der Waals surface area contributed by atoms with E-state index in [1.807, 2.05) is 4.90 Å². The Kier molecular flexibility index (Phi) is 4.73. The van der Waals surface area contributed by atoms with Crippen LogP contribution in [0.5, 0.6) is 0 Å². The van der Waals surface area contributed by atoms with Crippen LogP contribution in [0, 0.1) is 5.82 Å². The van der Waals surface area contributed by atoms with Gasteiger partial charge in [0.1, 0.15) is 11.4 Å². The molecule has 0 bridgehead atoms. The van der Waals surface area contributed by atoms with Crippen LogP contribution in [0.15, 0.2) is 24.3 Å². The fraction of sp³-hybridized carbons (Fsp3) is 0.556. The number of nitrogens with zero attached hydrogens (tertiary/aromatic N) is 2. The summed E-state index contributed by atoms with van der Waals surface area (Å²) in [5, 5.41) is 0. The number of carbonyl (C=O) groups is 2. The molecule has 130 valence electrons. The van der Waals surface area contributed by atoms with E-state index in [0.29, 0.717) is 44.5 Å². The van der Waals surface area contributed by atoms with Crippen molar-refractivity contribution in [1.29, 1.82) is 0 Å². The van der Waals surface area contributed by atoms with Crippen LogP contribution in [0.25, 0.3) is 0 Å². The highest BCUT2D eigenvalue weighted by Gasteiger charge is 2.44. The van der Waals surface area contributed by atoms with Crippen LogP contribution < -0.4 is 0 Å². The summed E-state index contributed by atoms with van der Waals surface area (Å²) >= 11 is 0. The monoisotopic (exact) mass is 334 g/mol. The minimum absolute atomic E-state index is 0.0352. The first-order chi connectivity index (χ1) is 11.5. The number of likely N-dealkylation sites (tertiary alicyclic amines) is 1. The van der Waals surface area contributed by atoms with E-state index < -0.39 is 5.60 Å². The van der Waals surface area contributed by atoms with Crippen molar-refractivity contribution in [2.45, 2.75) is 37.7 Å². The molecule has 0 radical (unpaired) electrons. The van der Waals surface area contributed by atoms with E-state index in [-0.39, 0.29) is 17.8 Å². The SMILES string of the molecule is CN1C[C@@]2(CCCN(C(=O)CCc3ccccc3F)CC2)OC1=O. The lowest BCUT2D eigenvalue weighted by Gasteiger charge is -2.25. The Morgan fingerprint density at radius 3 is 2.79 bits per heavy atom. The van der Waals surface area contributed by atoms with Crippen molar-refractivity contribution in [2.24, 2.45) is 0 Å². The Balaban J connectivity index is 1.55. The van der Waals surface area contributed by atoms with Gasteiger partial charge in [0.2, 0.25) is 5.91 Å². The molecule has 1 aromatic carbocycles. The first-order valence-corrected chi connectivity index (χ1v) is 8.44. The fourth-order valence-corrected chi connectivity index (χ4v) is 3.57. The smallest absolute Gasteiger partial charge is 0.410 e. The van der Waals surface area contributed by atoms with E-state index >= 15 is 0 Å². The molecular formula is C18H23FN2O3. The molecule has 2 amide bonds. The van der Waals surface area contributed by atoms with Gasteiger partial charge < -0.3 is 14.5 Å². The van der Waals surface area contributed by atoms with Crippen LogP contribution in [0.2, 0.25) is 0 Å². The third-order valence-corrected chi connectivity index (χ3v) is 4.96. The van der Waals surface area contributed by atoms with Gasteiger partial charge in [-0.25, -0.2) is 9.18 Å². The van der Waals surface area contributed by atoms with Gasteiger partial charge >= 0.3 is 6.09 Å². The van der Waals surface area contributed by atoms with Gasteiger partial charge in [0.15, 0.2) is 0 Å². The number of ether oxygens (including phenoxy) is 1. The van der Waals surface area contributed by atoms with Crippen molar-refractivity contribution in [3.8, 4) is 0 Å². The van der Waals surface area contributed by atoms with Crippen molar-refractivity contribution in [1.82, 2.24) is 9.80 Å². The molecule has 1 spiro atoms. The quantitative estimate of drug-likeness (QED) is 0.854. The molecule has 0 unspecified atom stereocenters. The van der Waals surface area contributed by atoms with Crippen LogP contribution in [-0.2, 0) is 16.0 Å². The molecule has 3 rings (SSSR count). The van der Waals surface area contributed by atoms with Gasteiger partial charge in [-0.05, 0) is 30.9 Å². The van der Waals surface area contributed by atoms with Gasteiger partial charge in [-0.1, -0.05) is 18.2 Å². The van der Waals surface area contributed by atoms with Crippen molar-refractivity contribution in [2.75, 3.05) is 26.7 Å². The van der Waals surface area contributed by atoms with Crippen LogP contribution in [0.3, 0.4) is 0 Å². The van der Waals surface area contributed by atoms with Gasteiger partial charge in [-0.3, -0.25) is 4.79 Å². The van der Waals surface area contributed by atoms with Crippen LogP contribution in [-0.4, -0.2) is 54.1 Å².